The Morgan fingerprint density at radius 3 is 2.50 bits per heavy atom. The topological polar surface area (TPSA) is 81.4 Å². The minimum absolute atomic E-state index is 0.104. The molecule has 0 fully saturated rings. The van der Waals surface area contributed by atoms with Crippen molar-refractivity contribution in [3.05, 3.63) is 0 Å². The number of ether oxygens (including phenoxy) is 1. The standard InChI is InChI=1S/C9H18N2O3/c1-4-6(2)8(10)9(13)11-5-7(12)14-3/h6,8H,4-5,10H2,1-3H3,(H,11,13)/t6-,8-/m0/s1. The molecule has 82 valence electrons. The zero-order valence-corrected chi connectivity index (χ0v) is 8.87. The fraction of sp³-hybridized carbons (Fsp3) is 0.778. The summed E-state index contributed by atoms with van der Waals surface area (Å²) in [6.07, 6.45) is 0.826. The lowest BCUT2D eigenvalue weighted by Crippen LogP contribution is -2.46. The molecule has 0 aliphatic rings. The summed E-state index contributed by atoms with van der Waals surface area (Å²) < 4.78 is 4.37. The van der Waals surface area contributed by atoms with E-state index < -0.39 is 12.0 Å². The SMILES string of the molecule is CC[C@H](C)[C@H](N)C(=O)NCC(=O)OC. The van der Waals surface area contributed by atoms with Crippen molar-refractivity contribution in [2.45, 2.75) is 26.3 Å². The zero-order chi connectivity index (χ0) is 11.1. The Kier molecular flexibility index (Phi) is 5.87. The first kappa shape index (κ1) is 12.9. The van der Waals surface area contributed by atoms with Crippen LogP contribution in [0.2, 0.25) is 0 Å². The molecule has 0 unspecified atom stereocenters. The van der Waals surface area contributed by atoms with Gasteiger partial charge in [-0.15, -0.1) is 0 Å². The molecule has 0 aliphatic carbocycles. The molecule has 0 aromatic heterocycles. The number of nitrogens with one attached hydrogen (secondary N) is 1. The fourth-order valence-electron chi connectivity index (χ4n) is 0.862. The number of hydrogen-bond acceptors (Lipinski definition) is 4. The molecule has 0 rings (SSSR count). The van der Waals surface area contributed by atoms with E-state index in [-0.39, 0.29) is 18.4 Å². The van der Waals surface area contributed by atoms with Crippen LogP contribution >= 0.6 is 0 Å². The van der Waals surface area contributed by atoms with Crippen LogP contribution in [-0.4, -0.2) is 31.6 Å². The van der Waals surface area contributed by atoms with Gasteiger partial charge in [-0.25, -0.2) is 0 Å². The van der Waals surface area contributed by atoms with E-state index in [0.717, 1.165) is 6.42 Å². The third-order valence-corrected chi connectivity index (χ3v) is 2.19. The number of carbonyl (C=O) groups excluding carboxylic acids is 2. The maximum absolute atomic E-state index is 11.3. The predicted molar refractivity (Wildman–Crippen MR) is 52.5 cm³/mol. The highest BCUT2D eigenvalue weighted by molar-refractivity contribution is 5.85. The van der Waals surface area contributed by atoms with Gasteiger partial charge in [-0.05, 0) is 5.92 Å². The average molecular weight is 202 g/mol. The lowest BCUT2D eigenvalue weighted by atomic mass is 9.99. The molecule has 1 amide bonds. The lowest BCUT2D eigenvalue weighted by Gasteiger charge is -2.17. The van der Waals surface area contributed by atoms with Crippen molar-refractivity contribution in [1.29, 1.82) is 0 Å². The highest BCUT2D eigenvalue weighted by Crippen LogP contribution is 2.04. The van der Waals surface area contributed by atoms with Gasteiger partial charge in [0, 0.05) is 0 Å². The molecule has 0 saturated carbocycles. The fourth-order valence-corrected chi connectivity index (χ4v) is 0.862. The number of carbonyl (C=O) groups is 2. The van der Waals surface area contributed by atoms with E-state index in [2.05, 4.69) is 10.1 Å². The summed E-state index contributed by atoms with van der Waals surface area (Å²) in [5.74, 6) is -0.688. The number of amides is 1. The molecule has 0 saturated heterocycles. The zero-order valence-electron chi connectivity index (χ0n) is 8.87. The molecule has 3 N–H and O–H groups in total. The van der Waals surface area contributed by atoms with E-state index in [9.17, 15) is 9.59 Å². The molecule has 0 radical (unpaired) electrons. The van der Waals surface area contributed by atoms with Crippen LogP contribution in [0.15, 0.2) is 0 Å². The Balaban J connectivity index is 3.90. The van der Waals surface area contributed by atoms with Crippen molar-refractivity contribution >= 4 is 11.9 Å². The van der Waals surface area contributed by atoms with E-state index >= 15 is 0 Å². The molecule has 2 atom stereocenters. The van der Waals surface area contributed by atoms with Gasteiger partial charge in [-0.3, -0.25) is 9.59 Å². The Labute approximate surface area is 84.0 Å². The van der Waals surface area contributed by atoms with Crippen molar-refractivity contribution < 1.29 is 14.3 Å². The van der Waals surface area contributed by atoms with Gasteiger partial charge in [-0.1, -0.05) is 20.3 Å². The summed E-state index contributed by atoms with van der Waals surface area (Å²) in [4.78, 5) is 22.0. The lowest BCUT2D eigenvalue weighted by molar-refractivity contribution is -0.141. The second-order valence-electron chi connectivity index (χ2n) is 3.21. The molecule has 0 bridgehead atoms. The summed E-state index contributed by atoms with van der Waals surface area (Å²) in [7, 11) is 1.27. The second kappa shape index (κ2) is 6.37. The van der Waals surface area contributed by atoms with Gasteiger partial charge in [-0.2, -0.15) is 0 Å². The van der Waals surface area contributed by atoms with Crippen LogP contribution in [0.5, 0.6) is 0 Å². The highest BCUT2D eigenvalue weighted by Gasteiger charge is 2.19. The Hall–Kier alpha value is -1.10. The van der Waals surface area contributed by atoms with Crippen LogP contribution in [0, 0.1) is 5.92 Å². The van der Waals surface area contributed by atoms with Crippen molar-refractivity contribution in [2.24, 2.45) is 11.7 Å². The molecule has 14 heavy (non-hydrogen) atoms. The van der Waals surface area contributed by atoms with Gasteiger partial charge in [0.05, 0.1) is 13.2 Å². The summed E-state index contributed by atoms with van der Waals surface area (Å²) in [5, 5.41) is 2.41. The minimum Gasteiger partial charge on any atom is -0.468 e. The summed E-state index contributed by atoms with van der Waals surface area (Å²) in [6.45, 7) is 3.72. The smallest absolute Gasteiger partial charge is 0.325 e. The first-order valence-electron chi connectivity index (χ1n) is 4.63. The number of nitrogens with two attached hydrogens (primary N) is 1. The third kappa shape index (κ3) is 4.23. The Morgan fingerprint density at radius 1 is 1.50 bits per heavy atom. The van der Waals surface area contributed by atoms with Crippen LogP contribution in [-0.2, 0) is 14.3 Å². The number of esters is 1. The molecule has 5 heteroatoms. The van der Waals surface area contributed by atoms with Crippen LogP contribution < -0.4 is 11.1 Å². The average Bonchev–Trinajstić information content (AvgIpc) is 2.22. The molecule has 5 nitrogen and oxygen atoms in total. The van der Waals surface area contributed by atoms with Gasteiger partial charge < -0.3 is 15.8 Å². The monoisotopic (exact) mass is 202 g/mol. The third-order valence-electron chi connectivity index (χ3n) is 2.19. The van der Waals surface area contributed by atoms with Crippen LogP contribution in [0.25, 0.3) is 0 Å². The van der Waals surface area contributed by atoms with Gasteiger partial charge in [0.25, 0.3) is 0 Å². The number of rotatable bonds is 5. The van der Waals surface area contributed by atoms with Crippen molar-refractivity contribution in [2.75, 3.05) is 13.7 Å². The largest absolute Gasteiger partial charge is 0.468 e. The summed E-state index contributed by atoms with van der Waals surface area (Å²) in [6, 6.07) is -0.565. The van der Waals surface area contributed by atoms with E-state index in [4.69, 9.17) is 5.73 Å². The van der Waals surface area contributed by atoms with Gasteiger partial charge in [0.2, 0.25) is 5.91 Å². The first-order valence-corrected chi connectivity index (χ1v) is 4.63. The molecule has 0 aromatic rings. The number of hydrogen-bond donors (Lipinski definition) is 2. The molecule has 0 spiro atoms. The minimum atomic E-state index is -0.565. The van der Waals surface area contributed by atoms with Crippen LogP contribution in [0.3, 0.4) is 0 Å². The molecular weight excluding hydrogens is 184 g/mol. The maximum Gasteiger partial charge on any atom is 0.325 e. The molecule has 0 heterocycles. The van der Waals surface area contributed by atoms with Crippen molar-refractivity contribution in [1.82, 2.24) is 5.32 Å². The normalized spacial score (nSPS) is 14.3. The van der Waals surface area contributed by atoms with E-state index in [1.165, 1.54) is 7.11 Å². The summed E-state index contributed by atoms with van der Waals surface area (Å²) >= 11 is 0. The second-order valence-corrected chi connectivity index (χ2v) is 3.21. The van der Waals surface area contributed by atoms with Gasteiger partial charge >= 0.3 is 5.97 Å². The molecule has 0 aliphatic heterocycles. The number of methoxy groups -OCH3 is 1. The van der Waals surface area contributed by atoms with Gasteiger partial charge in [0.1, 0.15) is 6.54 Å². The van der Waals surface area contributed by atoms with E-state index in [1.54, 1.807) is 0 Å². The van der Waals surface area contributed by atoms with Gasteiger partial charge in [0.15, 0.2) is 0 Å². The Morgan fingerprint density at radius 2 is 2.07 bits per heavy atom. The van der Waals surface area contributed by atoms with Crippen molar-refractivity contribution in [3.63, 3.8) is 0 Å². The molecule has 0 aromatic carbocycles. The van der Waals surface area contributed by atoms with Crippen molar-refractivity contribution in [3.8, 4) is 0 Å². The van der Waals surface area contributed by atoms with E-state index in [0.29, 0.717) is 0 Å². The first-order chi connectivity index (χ1) is 6.52. The van der Waals surface area contributed by atoms with Crippen LogP contribution in [0.1, 0.15) is 20.3 Å². The maximum atomic E-state index is 11.3. The molecular formula is C9H18N2O3. The highest BCUT2D eigenvalue weighted by atomic mass is 16.5. The summed E-state index contributed by atoms with van der Waals surface area (Å²) in [5.41, 5.74) is 5.63. The quantitative estimate of drug-likeness (QED) is 0.597. The predicted octanol–water partition coefficient (Wildman–Crippen LogP) is -0.351. The Bertz CT molecular complexity index is 206. The van der Waals surface area contributed by atoms with E-state index in [1.807, 2.05) is 13.8 Å². The van der Waals surface area contributed by atoms with Crippen LogP contribution in [0.4, 0.5) is 0 Å².